The first-order valence-corrected chi connectivity index (χ1v) is 9.72. The summed E-state index contributed by atoms with van der Waals surface area (Å²) in [5.74, 6) is 1.53. The van der Waals surface area contributed by atoms with Gasteiger partial charge in [-0.2, -0.15) is 0 Å². The Balaban J connectivity index is 1.55. The number of hydrogen-bond donors (Lipinski definition) is 1. The lowest BCUT2D eigenvalue weighted by atomic mass is 9.94. The van der Waals surface area contributed by atoms with Crippen molar-refractivity contribution < 1.29 is 14.3 Å². The smallest absolute Gasteiger partial charge is 0.322 e. The van der Waals surface area contributed by atoms with Crippen LogP contribution >= 0.6 is 0 Å². The van der Waals surface area contributed by atoms with Gasteiger partial charge in [0, 0.05) is 18.3 Å². The Hall–Kier alpha value is -2.69. The molecule has 142 valence electrons. The van der Waals surface area contributed by atoms with Gasteiger partial charge >= 0.3 is 6.03 Å². The number of para-hydroxylation sites is 1. The normalized spacial score (nSPS) is 16.2. The maximum absolute atomic E-state index is 13.2. The first kappa shape index (κ1) is 17.7. The molecule has 2 aromatic carbocycles. The minimum atomic E-state index is -0.0335. The molecule has 1 fully saturated rings. The van der Waals surface area contributed by atoms with Gasteiger partial charge in [-0.15, -0.1) is 0 Å². The van der Waals surface area contributed by atoms with Crippen molar-refractivity contribution in [2.75, 3.05) is 12.1 Å². The van der Waals surface area contributed by atoms with E-state index >= 15 is 0 Å². The lowest BCUT2D eigenvalue weighted by Crippen LogP contribution is -2.43. The maximum atomic E-state index is 13.2. The van der Waals surface area contributed by atoms with Crippen molar-refractivity contribution in [3.63, 3.8) is 0 Å². The van der Waals surface area contributed by atoms with Crippen LogP contribution in [0.3, 0.4) is 0 Å². The molecule has 4 rings (SSSR count). The lowest BCUT2D eigenvalue weighted by molar-refractivity contribution is 0.162. The van der Waals surface area contributed by atoms with E-state index in [1.54, 1.807) is 0 Å². The Kier molecular flexibility index (Phi) is 5.19. The van der Waals surface area contributed by atoms with Crippen LogP contribution in [0, 0.1) is 6.92 Å². The second kappa shape index (κ2) is 7.91. The summed E-state index contributed by atoms with van der Waals surface area (Å²) in [5, 5.41) is 3.11. The molecule has 2 amide bonds. The Labute approximate surface area is 160 Å². The molecule has 27 heavy (non-hydrogen) atoms. The fourth-order valence-electron chi connectivity index (χ4n) is 3.90. The van der Waals surface area contributed by atoms with Crippen molar-refractivity contribution in [3.8, 4) is 11.5 Å². The zero-order chi connectivity index (χ0) is 18.6. The van der Waals surface area contributed by atoms with Crippen molar-refractivity contribution in [2.24, 2.45) is 0 Å². The molecule has 0 bridgehead atoms. The number of carbonyl (C=O) groups excluding carboxylic acids is 1. The van der Waals surface area contributed by atoms with Crippen LogP contribution in [0.4, 0.5) is 10.5 Å². The molecule has 0 radical (unpaired) electrons. The predicted octanol–water partition coefficient (Wildman–Crippen LogP) is 5.09. The highest BCUT2D eigenvalue weighted by Crippen LogP contribution is 2.33. The third-order valence-corrected chi connectivity index (χ3v) is 5.45. The molecule has 1 heterocycles. The van der Waals surface area contributed by atoms with E-state index in [0.29, 0.717) is 6.54 Å². The topological polar surface area (TPSA) is 50.8 Å². The Morgan fingerprint density at radius 2 is 1.85 bits per heavy atom. The van der Waals surface area contributed by atoms with E-state index in [1.165, 1.54) is 19.3 Å². The zero-order valence-corrected chi connectivity index (χ0v) is 15.7. The molecule has 0 unspecified atom stereocenters. The molecule has 0 atom stereocenters. The highest BCUT2D eigenvalue weighted by atomic mass is 16.7. The zero-order valence-electron chi connectivity index (χ0n) is 15.7. The Morgan fingerprint density at radius 1 is 1.07 bits per heavy atom. The van der Waals surface area contributed by atoms with Crippen LogP contribution in [0.2, 0.25) is 0 Å². The van der Waals surface area contributed by atoms with Gasteiger partial charge in [-0.1, -0.05) is 43.5 Å². The molecule has 1 aliphatic carbocycles. The van der Waals surface area contributed by atoms with Crippen LogP contribution in [0.15, 0.2) is 42.5 Å². The number of fused-ring (bicyclic) bond motifs is 1. The summed E-state index contributed by atoms with van der Waals surface area (Å²) in [6.07, 6.45) is 5.74. The average molecular weight is 366 g/mol. The van der Waals surface area contributed by atoms with Gasteiger partial charge in [0.2, 0.25) is 6.79 Å². The van der Waals surface area contributed by atoms with E-state index < -0.39 is 0 Å². The summed E-state index contributed by atoms with van der Waals surface area (Å²) in [4.78, 5) is 15.2. The number of urea groups is 1. The first-order chi connectivity index (χ1) is 13.2. The second-order valence-corrected chi connectivity index (χ2v) is 7.35. The van der Waals surface area contributed by atoms with Gasteiger partial charge < -0.3 is 19.7 Å². The summed E-state index contributed by atoms with van der Waals surface area (Å²) in [6, 6.07) is 14.1. The summed E-state index contributed by atoms with van der Waals surface area (Å²) in [5.41, 5.74) is 3.00. The van der Waals surface area contributed by atoms with E-state index in [2.05, 4.69) is 5.32 Å². The maximum Gasteiger partial charge on any atom is 0.322 e. The molecule has 1 saturated carbocycles. The van der Waals surface area contributed by atoms with Crippen LogP contribution in [-0.4, -0.2) is 23.8 Å². The van der Waals surface area contributed by atoms with Crippen molar-refractivity contribution in [1.82, 2.24) is 4.90 Å². The van der Waals surface area contributed by atoms with Gasteiger partial charge in [0.25, 0.3) is 0 Å². The van der Waals surface area contributed by atoms with Gasteiger partial charge in [-0.3, -0.25) is 0 Å². The number of rotatable bonds is 4. The first-order valence-electron chi connectivity index (χ1n) is 9.72. The fourth-order valence-corrected chi connectivity index (χ4v) is 3.90. The molecular weight excluding hydrogens is 340 g/mol. The molecule has 2 aliphatic rings. The molecule has 1 aliphatic heterocycles. The third kappa shape index (κ3) is 4.02. The number of benzene rings is 2. The molecule has 1 N–H and O–H groups in total. The monoisotopic (exact) mass is 366 g/mol. The van der Waals surface area contributed by atoms with Crippen molar-refractivity contribution in [1.29, 1.82) is 0 Å². The van der Waals surface area contributed by atoms with E-state index in [1.807, 2.05) is 54.3 Å². The van der Waals surface area contributed by atoms with Crippen LogP contribution in [0.5, 0.6) is 11.5 Å². The minimum absolute atomic E-state index is 0.0335. The molecule has 5 nitrogen and oxygen atoms in total. The third-order valence-electron chi connectivity index (χ3n) is 5.45. The number of ether oxygens (including phenoxy) is 2. The van der Waals surface area contributed by atoms with E-state index in [-0.39, 0.29) is 18.9 Å². The standard InChI is InChI=1S/C22H26N2O3/c1-16-7-5-6-10-19(16)23-22(25)24(18-8-3-2-4-9-18)14-17-11-12-20-21(13-17)27-15-26-20/h5-7,10-13,18H,2-4,8-9,14-15H2,1H3,(H,23,25). The minimum Gasteiger partial charge on any atom is -0.454 e. The van der Waals surface area contributed by atoms with Gasteiger partial charge in [0.05, 0.1) is 0 Å². The Bertz CT molecular complexity index is 815. The number of nitrogens with one attached hydrogen (secondary N) is 1. The highest BCUT2D eigenvalue weighted by Gasteiger charge is 2.26. The van der Waals surface area contributed by atoms with Crippen molar-refractivity contribution in [3.05, 3.63) is 53.6 Å². The quantitative estimate of drug-likeness (QED) is 0.820. The summed E-state index contributed by atoms with van der Waals surface area (Å²) in [6.45, 7) is 2.84. The number of carbonyl (C=O) groups is 1. The number of aryl methyl sites for hydroxylation is 1. The van der Waals surface area contributed by atoms with E-state index in [4.69, 9.17) is 9.47 Å². The molecular formula is C22H26N2O3. The molecule has 0 spiro atoms. The van der Waals surface area contributed by atoms with Gasteiger partial charge in [-0.25, -0.2) is 4.79 Å². The van der Waals surface area contributed by atoms with Crippen molar-refractivity contribution >= 4 is 11.7 Å². The van der Waals surface area contributed by atoms with Crippen LogP contribution < -0.4 is 14.8 Å². The van der Waals surface area contributed by atoms with Crippen molar-refractivity contribution in [2.45, 2.75) is 51.6 Å². The summed E-state index contributed by atoms with van der Waals surface area (Å²) in [7, 11) is 0. The van der Waals surface area contributed by atoms with E-state index in [9.17, 15) is 4.79 Å². The van der Waals surface area contributed by atoms with Crippen LogP contribution in [0.1, 0.15) is 43.2 Å². The number of hydrogen-bond acceptors (Lipinski definition) is 3. The summed E-state index contributed by atoms with van der Waals surface area (Å²) < 4.78 is 10.9. The van der Waals surface area contributed by atoms with Gasteiger partial charge in [0.15, 0.2) is 11.5 Å². The SMILES string of the molecule is Cc1ccccc1NC(=O)N(Cc1ccc2c(c1)OCO2)C1CCCCC1. The highest BCUT2D eigenvalue weighted by molar-refractivity contribution is 5.90. The van der Waals surface area contributed by atoms with Crippen LogP contribution in [-0.2, 0) is 6.54 Å². The van der Waals surface area contributed by atoms with Crippen LogP contribution in [0.25, 0.3) is 0 Å². The Morgan fingerprint density at radius 3 is 2.67 bits per heavy atom. The molecule has 2 aromatic rings. The van der Waals surface area contributed by atoms with E-state index in [0.717, 1.165) is 41.2 Å². The summed E-state index contributed by atoms with van der Waals surface area (Å²) >= 11 is 0. The molecule has 5 heteroatoms. The fraction of sp³-hybridized carbons (Fsp3) is 0.409. The predicted molar refractivity (Wildman–Crippen MR) is 105 cm³/mol. The largest absolute Gasteiger partial charge is 0.454 e. The average Bonchev–Trinajstić information content (AvgIpc) is 3.16. The second-order valence-electron chi connectivity index (χ2n) is 7.35. The van der Waals surface area contributed by atoms with Gasteiger partial charge in [-0.05, 0) is 49.1 Å². The number of anilines is 1. The lowest BCUT2D eigenvalue weighted by Gasteiger charge is -2.34. The van der Waals surface area contributed by atoms with Gasteiger partial charge in [0.1, 0.15) is 0 Å². The number of nitrogens with zero attached hydrogens (tertiary/aromatic N) is 1. The molecule has 0 saturated heterocycles. The molecule has 0 aromatic heterocycles. The number of amides is 2.